The second-order valence-electron chi connectivity index (χ2n) is 15.4. The molecule has 4 aromatic rings. The summed E-state index contributed by atoms with van der Waals surface area (Å²) in [6.45, 7) is 5.74. The van der Waals surface area contributed by atoms with Crippen LogP contribution in [0, 0.1) is 23.1 Å². The Labute approximate surface area is 316 Å². The van der Waals surface area contributed by atoms with Gasteiger partial charge in [-0.05, 0) is 116 Å². The lowest BCUT2D eigenvalue weighted by atomic mass is 9.65. The van der Waals surface area contributed by atoms with Crippen molar-refractivity contribution in [2.24, 2.45) is 5.92 Å². The van der Waals surface area contributed by atoms with Crippen molar-refractivity contribution in [3.63, 3.8) is 0 Å². The highest BCUT2D eigenvalue weighted by Crippen LogP contribution is 2.45. The summed E-state index contributed by atoms with van der Waals surface area (Å²) in [5.74, 6) is -0.774. The van der Waals surface area contributed by atoms with Gasteiger partial charge < -0.3 is 14.9 Å². The van der Waals surface area contributed by atoms with Crippen LogP contribution >= 0.6 is 11.3 Å². The maximum absolute atomic E-state index is 13.3. The molecule has 3 aromatic carbocycles. The van der Waals surface area contributed by atoms with E-state index in [1.54, 1.807) is 23.5 Å². The summed E-state index contributed by atoms with van der Waals surface area (Å²) < 4.78 is 13.3. The van der Waals surface area contributed by atoms with Crippen molar-refractivity contribution in [3.05, 3.63) is 134 Å². The first-order valence-electron chi connectivity index (χ1n) is 19.0. The minimum absolute atomic E-state index is 0.0131. The molecule has 274 valence electrons. The Balaban J connectivity index is 0.000000173. The average Bonchev–Trinajstić information content (AvgIpc) is 3.63. The van der Waals surface area contributed by atoms with Gasteiger partial charge in [-0.3, -0.25) is 9.59 Å². The van der Waals surface area contributed by atoms with Crippen molar-refractivity contribution >= 4 is 28.7 Å². The van der Waals surface area contributed by atoms with Gasteiger partial charge in [-0.25, -0.2) is 4.39 Å². The zero-order valence-electron chi connectivity index (χ0n) is 30.7. The molecule has 2 aliphatic heterocycles. The van der Waals surface area contributed by atoms with Crippen LogP contribution in [0.15, 0.2) is 95.9 Å². The maximum Gasteiger partial charge on any atom is 0.314 e. The fourth-order valence-electron chi connectivity index (χ4n) is 9.36. The van der Waals surface area contributed by atoms with Crippen molar-refractivity contribution in [2.75, 3.05) is 33.2 Å². The van der Waals surface area contributed by atoms with Crippen molar-refractivity contribution in [2.45, 2.75) is 75.2 Å². The molecule has 53 heavy (non-hydrogen) atoms. The third-order valence-electron chi connectivity index (χ3n) is 12.5. The molecule has 0 amide bonds. The zero-order valence-corrected chi connectivity index (χ0v) is 31.5. The van der Waals surface area contributed by atoms with Gasteiger partial charge >= 0.3 is 5.97 Å². The number of piperidine rings is 2. The molecule has 2 atom stereocenters. The van der Waals surface area contributed by atoms with Gasteiger partial charge in [0.1, 0.15) is 5.82 Å². The van der Waals surface area contributed by atoms with Crippen LogP contribution in [0.1, 0.15) is 89.4 Å². The van der Waals surface area contributed by atoms with Crippen LogP contribution in [0.5, 0.6) is 0 Å². The topological polar surface area (TPSA) is 84.6 Å². The molecule has 2 aliphatic carbocycles. The first-order valence-corrected chi connectivity index (χ1v) is 19.8. The third kappa shape index (κ3) is 7.15. The number of thiophene rings is 1. The van der Waals surface area contributed by atoms with E-state index < -0.39 is 16.8 Å². The summed E-state index contributed by atoms with van der Waals surface area (Å²) >= 11 is 1.59. The summed E-state index contributed by atoms with van der Waals surface area (Å²) in [4.78, 5) is 30.7. The largest absolute Gasteiger partial charge is 0.481 e. The molecule has 3 fully saturated rings. The molecule has 2 saturated heterocycles. The Morgan fingerprint density at radius 2 is 1.57 bits per heavy atom. The molecule has 4 aliphatic rings. The third-order valence-corrected chi connectivity index (χ3v) is 13.5. The number of nitriles is 1. The molecule has 0 bridgehead atoms. The minimum Gasteiger partial charge on any atom is -0.481 e. The van der Waals surface area contributed by atoms with E-state index in [4.69, 9.17) is 0 Å². The van der Waals surface area contributed by atoms with Gasteiger partial charge in [-0.2, -0.15) is 5.26 Å². The zero-order chi connectivity index (χ0) is 37.2. The fraction of sp³-hybridized carbons (Fsp3) is 0.400. The molecule has 6 nitrogen and oxygen atoms in total. The molecule has 1 aromatic heterocycles. The van der Waals surface area contributed by atoms with Crippen molar-refractivity contribution in [3.8, 4) is 6.07 Å². The highest BCUT2D eigenvalue weighted by Gasteiger charge is 2.50. The smallest absolute Gasteiger partial charge is 0.314 e. The molecule has 0 spiro atoms. The number of hydrogen-bond donors (Lipinski definition) is 1. The van der Waals surface area contributed by atoms with E-state index >= 15 is 0 Å². The fourth-order valence-corrected chi connectivity index (χ4v) is 10.2. The number of likely N-dealkylation sites (tertiary alicyclic amines) is 2. The van der Waals surface area contributed by atoms with E-state index in [2.05, 4.69) is 52.6 Å². The SMILES string of the molecule is CN1CCC(=C2c3ccccc3CC(=O)c3sccc32)CC1.C[C@@H]1CN(C2CCC(C#N)(c3ccc(F)cc3)CC2)CC[C@]1(C(=O)O)c1ccccc1. The number of ketones is 1. The number of carboxylic acid groups (broad SMARTS) is 1. The van der Waals surface area contributed by atoms with Gasteiger partial charge in [0, 0.05) is 37.7 Å². The molecule has 8 rings (SSSR count). The van der Waals surface area contributed by atoms with E-state index in [1.807, 2.05) is 43.3 Å². The monoisotopic (exact) mass is 729 g/mol. The number of carbonyl (C=O) groups excluding carboxylic acids is 1. The summed E-state index contributed by atoms with van der Waals surface area (Å²) in [6, 6.07) is 29.4. The van der Waals surface area contributed by atoms with Crippen LogP contribution in [0.4, 0.5) is 4.39 Å². The Bertz CT molecular complexity index is 2020. The standard InChI is InChI=1S/C26H29FN2O2.C19H19NOS/c1-19-17-29(16-15-26(19,24(30)31)21-5-3-2-4-6-21)23-11-13-25(18-28,14-12-23)20-7-9-22(27)10-8-20;1-20-9-6-13(7-10-20)18-15-5-3-2-4-14(15)12-17(21)19-16(18)8-11-22-19/h2-10,19,23H,11-17H2,1H3,(H,30,31);2-5,8,11H,6-7,9-10,12H2,1H3/t19-,23?,25?,26-;/m1./s1. The molecule has 0 unspecified atom stereocenters. The number of Topliss-reactive ketones (excluding diaryl/α,β-unsaturated/α-hetero) is 1. The van der Waals surface area contributed by atoms with Crippen molar-refractivity contribution in [1.82, 2.24) is 9.80 Å². The highest BCUT2D eigenvalue weighted by atomic mass is 32.1. The number of rotatable bonds is 4. The van der Waals surface area contributed by atoms with Crippen LogP contribution in [-0.4, -0.2) is 65.9 Å². The van der Waals surface area contributed by atoms with Gasteiger partial charge in [-0.1, -0.05) is 79.2 Å². The van der Waals surface area contributed by atoms with E-state index in [-0.39, 0.29) is 17.5 Å². The molecule has 1 N–H and O–H groups in total. The Morgan fingerprint density at radius 3 is 2.23 bits per heavy atom. The van der Waals surface area contributed by atoms with Crippen LogP contribution in [0.3, 0.4) is 0 Å². The number of nitrogens with zero attached hydrogens (tertiary/aromatic N) is 3. The lowest BCUT2D eigenvalue weighted by molar-refractivity contribution is -0.149. The number of carbonyl (C=O) groups is 2. The van der Waals surface area contributed by atoms with Crippen LogP contribution < -0.4 is 0 Å². The predicted molar refractivity (Wildman–Crippen MR) is 209 cm³/mol. The lowest BCUT2D eigenvalue weighted by Crippen LogP contribution is -2.56. The lowest BCUT2D eigenvalue weighted by Gasteiger charge is -2.48. The molecule has 0 radical (unpaired) electrons. The number of benzene rings is 3. The molecule has 3 heterocycles. The molecule has 8 heteroatoms. The molecular weight excluding hydrogens is 682 g/mol. The second-order valence-corrected chi connectivity index (χ2v) is 16.3. The van der Waals surface area contributed by atoms with Crippen molar-refractivity contribution < 1.29 is 19.1 Å². The van der Waals surface area contributed by atoms with Gasteiger partial charge in [0.2, 0.25) is 0 Å². The van der Waals surface area contributed by atoms with E-state index in [9.17, 15) is 24.3 Å². The van der Waals surface area contributed by atoms with E-state index in [0.717, 1.165) is 80.7 Å². The summed E-state index contributed by atoms with van der Waals surface area (Å²) in [5, 5.41) is 22.2. The second kappa shape index (κ2) is 15.5. The maximum atomic E-state index is 13.3. The van der Waals surface area contributed by atoms with Crippen molar-refractivity contribution in [1.29, 1.82) is 5.26 Å². The normalized spacial score (nSPS) is 26.3. The number of aliphatic carboxylic acids is 1. The Morgan fingerprint density at radius 1 is 0.887 bits per heavy atom. The summed E-state index contributed by atoms with van der Waals surface area (Å²) in [6.07, 6.45) is 6.59. The van der Waals surface area contributed by atoms with Gasteiger partial charge in [0.05, 0.1) is 21.8 Å². The first kappa shape index (κ1) is 36.9. The number of halogens is 1. The highest BCUT2D eigenvalue weighted by molar-refractivity contribution is 7.12. The average molecular weight is 730 g/mol. The van der Waals surface area contributed by atoms with Crippen LogP contribution in [0.2, 0.25) is 0 Å². The summed E-state index contributed by atoms with van der Waals surface area (Å²) in [7, 11) is 2.18. The van der Waals surface area contributed by atoms with Gasteiger partial charge in [0.15, 0.2) is 5.78 Å². The van der Waals surface area contributed by atoms with Crippen LogP contribution in [-0.2, 0) is 22.0 Å². The first-order chi connectivity index (χ1) is 25.6. The quantitative estimate of drug-likeness (QED) is 0.226. The number of carboxylic acids is 1. The number of hydrogen-bond acceptors (Lipinski definition) is 6. The van der Waals surface area contributed by atoms with E-state index in [1.165, 1.54) is 40.0 Å². The molecule has 1 saturated carbocycles. The summed E-state index contributed by atoms with van der Waals surface area (Å²) in [5.41, 5.74) is 6.85. The predicted octanol–water partition coefficient (Wildman–Crippen LogP) is 8.91. The molecular formula is C45H48FN3O3S. The number of fused-ring (bicyclic) bond motifs is 2. The minimum atomic E-state index is -0.850. The van der Waals surface area contributed by atoms with Gasteiger partial charge in [0.25, 0.3) is 0 Å². The Hall–Kier alpha value is -4.42. The van der Waals surface area contributed by atoms with Crippen LogP contribution in [0.25, 0.3) is 5.57 Å². The van der Waals surface area contributed by atoms with E-state index in [0.29, 0.717) is 18.9 Å². The Kier molecular flexibility index (Phi) is 10.8. The van der Waals surface area contributed by atoms with Gasteiger partial charge in [-0.15, -0.1) is 11.3 Å².